The number of benzene rings is 2. The van der Waals surface area contributed by atoms with Crippen LogP contribution in [0.3, 0.4) is 0 Å². The molecular formula is C22H20F2N2O8. The molecule has 0 spiro atoms. The number of hydrogen-bond donors (Lipinski definition) is 1. The maximum absolute atomic E-state index is 12.5. The van der Waals surface area contributed by atoms with Crippen LogP contribution in [0.15, 0.2) is 41.0 Å². The van der Waals surface area contributed by atoms with E-state index >= 15 is 0 Å². The van der Waals surface area contributed by atoms with E-state index in [1.54, 1.807) is 0 Å². The number of carbonyl (C=O) groups is 2. The number of hydrogen-bond acceptors (Lipinski definition) is 9. The van der Waals surface area contributed by atoms with E-state index in [0.717, 1.165) is 0 Å². The minimum Gasteiger partial charge on any atom is -0.493 e. The maximum Gasteiger partial charge on any atom is 0.387 e. The van der Waals surface area contributed by atoms with Crippen LogP contribution in [0.4, 0.5) is 8.78 Å². The van der Waals surface area contributed by atoms with Gasteiger partial charge >= 0.3 is 12.6 Å². The van der Waals surface area contributed by atoms with E-state index in [1.807, 2.05) is 0 Å². The van der Waals surface area contributed by atoms with E-state index in [9.17, 15) is 18.4 Å². The van der Waals surface area contributed by atoms with Gasteiger partial charge in [-0.15, -0.1) is 0 Å². The van der Waals surface area contributed by atoms with Gasteiger partial charge in [-0.1, -0.05) is 0 Å². The lowest BCUT2D eigenvalue weighted by Crippen LogP contribution is -2.20. The number of ether oxygens (including phenoxy) is 6. The van der Waals surface area contributed by atoms with Crippen molar-refractivity contribution >= 4 is 23.9 Å². The second-order valence-corrected chi connectivity index (χ2v) is 6.59. The Morgan fingerprint density at radius 3 is 2.26 bits per heavy atom. The van der Waals surface area contributed by atoms with Gasteiger partial charge in [-0.05, 0) is 42.0 Å². The topological polar surface area (TPSA) is 128 Å². The summed E-state index contributed by atoms with van der Waals surface area (Å²) in [5, 5.41) is 0. The molecule has 2 aromatic carbocycles. The zero-order valence-electron chi connectivity index (χ0n) is 18.3. The van der Waals surface area contributed by atoms with Gasteiger partial charge in [0.1, 0.15) is 0 Å². The average molecular weight is 478 g/mol. The molecule has 0 aromatic heterocycles. The molecule has 0 fully saturated rings. The second-order valence-electron chi connectivity index (χ2n) is 6.59. The predicted octanol–water partition coefficient (Wildman–Crippen LogP) is 2.52. The van der Waals surface area contributed by atoms with Crippen molar-refractivity contribution in [1.82, 2.24) is 0 Å². The third-order valence-corrected chi connectivity index (χ3v) is 4.39. The number of rotatable bonds is 10. The van der Waals surface area contributed by atoms with Crippen LogP contribution in [0.25, 0.3) is 6.08 Å². The molecule has 34 heavy (non-hydrogen) atoms. The Morgan fingerprint density at radius 2 is 1.71 bits per heavy atom. The Labute approximate surface area is 192 Å². The van der Waals surface area contributed by atoms with Gasteiger partial charge in [-0.2, -0.15) is 8.78 Å². The normalized spacial score (nSPS) is 14.0. The molecule has 1 aliphatic heterocycles. The number of alkyl halides is 2. The molecule has 2 N–H and O–H groups in total. The molecule has 180 valence electrons. The number of nitrogens with two attached hydrogens (primary N) is 1. The molecule has 0 saturated carbocycles. The summed E-state index contributed by atoms with van der Waals surface area (Å²) >= 11 is 0. The standard InChI is InChI=1S/C22H20F2N2O8/c1-29-15-9-12(4-5-14(15)33-22(23)24)20-26-13(21(28)34-20)6-11-7-16(30-2)19(17(8-11)31-3)32-10-18(25)27/h4-9,22H,10H2,1-3H3,(H2,25,27)/b13-6-. The van der Waals surface area contributed by atoms with E-state index in [4.69, 9.17) is 29.4 Å². The number of esters is 1. The molecule has 1 amide bonds. The summed E-state index contributed by atoms with van der Waals surface area (Å²) in [6.45, 7) is -3.42. The van der Waals surface area contributed by atoms with E-state index in [-0.39, 0.29) is 40.3 Å². The summed E-state index contributed by atoms with van der Waals surface area (Å²) in [5.74, 6) is -1.05. The van der Waals surface area contributed by atoms with Crippen molar-refractivity contribution in [3.05, 3.63) is 47.2 Å². The van der Waals surface area contributed by atoms with Crippen LogP contribution >= 0.6 is 0 Å². The molecule has 0 saturated heterocycles. The summed E-state index contributed by atoms with van der Waals surface area (Å²) in [5.41, 5.74) is 5.83. The Balaban J connectivity index is 1.94. The third-order valence-electron chi connectivity index (χ3n) is 4.39. The van der Waals surface area contributed by atoms with E-state index in [0.29, 0.717) is 11.1 Å². The first-order chi connectivity index (χ1) is 16.2. The SMILES string of the molecule is COc1cc(C2=N/C(=C\c3cc(OC)c(OCC(N)=O)c(OC)c3)C(=O)O2)ccc1OC(F)F. The van der Waals surface area contributed by atoms with Crippen LogP contribution in [-0.2, 0) is 14.3 Å². The number of cyclic esters (lactones) is 1. The van der Waals surface area contributed by atoms with Crippen LogP contribution in [0, 0.1) is 0 Å². The second kappa shape index (κ2) is 10.5. The van der Waals surface area contributed by atoms with Gasteiger partial charge in [-0.25, -0.2) is 9.79 Å². The van der Waals surface area contributed by atoms with Gasteiger partial charge in [-0.3, -0.25) is 4.79 Å². The fourth-order valence-corrected chi connectivity index (χ4v) is 2.95. The van der Waals surface area contributed by atoms with Crippen LogP contribution in [0.1, 0.15) is 11.1 Å². The molecular weight excluding hydrogens is 458 g/mol. The number of primary amides is 1. The lowest BCUT2D eigenvalue weighted by Gasteiger charge is -2.14. The molecule has 0 atom stereocenters. The van der Waals surface area contributed by atoms with E-state index in [2.05, 4.69) is 9.73 Å². The lowest BCUT2D eigenvalue weighted by atomic mass is 10.1. The predicted molar refractivity (Wildman–Crippen MR) is 114 cm³/mol. The fourth-order valence-electron chi connectivity index (χ4n) is 2.95. The van der Waals surface area contributed by atoms with Crippen molar-refractivity contribution in [2.24, 2.45) is 10.7 Å². The maximum atomic E-state index is 12.5. The number of amides is 1. The van der Waals surface area contributed by atoms with Gasteiger partial charge in [0, 0.05) is 5.56 Å². The average Bonchev–Trinajstić information content (AvgIpc) is 3.17. The van der Waals surface area contributed by atoms with Crippen molar-refractivity contribution in [3.63, 3.8) is 0 Å². The zero-order valence-corrected chi connectivity index (χ0v) is 18.3. The van der Waals surface area contributed by atoms with Gasteiger partial charge < -0.3 is 34.2 Å². The molecule has 0 aliphatic carbocycles. The summed E-state index contributed by atoms with van der Waals surface area (Å²) in [6.07, 6.45) is 1.42. The first kappa shape index (κ1) is 24.3. The molecule has 1 aliphatic rings. The first-order valence-electron chi connectivity index (χ1n) is 9.58. The molecule has 1 heterocycles. The molecule has 0 radical (unpaired) electrons. The number of methoxy groups -OCH3 is 3. The van der Waals surface area contributed by atoms with Gasteiger partial charge in [0.05, 0.1) is 21.3 Å². The lowest BCUT2D eigenvalue weighted by molar-refractivity contribution is -0.130. The van der Waals surface area contributed by atoms with Crippen LogP contribution < -0.4 is 29.4 Å². The Morgan fingerprint density at radius 1 is 1.06 bits per heavy atom. The number of carbonyl (C=O) groups excluding carboxylic acids is 2. The third kappa shape index (κ3) is 5.52. The number of halogens is 2. The van der Waals surface area contributed by atoms with Gasteiger partial charge in [0.15, 0.2) is 35.3 Å². The Bertz CT molecular complexity index is 1140. The van der Waals surface area contributed by atoms with Crippen LogP contribution in [-0.4, -0.2) is 52.3 Å². The molecule has 0 bridgehead atoms. The number of aliphatic imine (C=N–C) groups is 1. The highest BCUT2D eigenvalue weighted by molar-refractivity contribution is 6.13. The summed E-state index contributed by atoms with van der Waals surface area (Å²) in [7, 11) is 4.05. The highest BCUT2D eigenvalue weighted by atomic mass is 19.3. The van der Waals surface area contributed by atoms with Gasteiger partial charge in [0.2, 0.25) is 11.6 Å². The van der Waals surface area contributed by atoms with Crippen LogP contribution in [0.2, 0.25) is 0 Å². The molecule has 12 heteroatoms. The highest BCUT2D eigenvalue weighted by Crippen LogP contribution is 2.39. The Hall–Kier alpha value is -4.35. The van der Waals surface area contributed by atoms with Crippen molar-refractivity contribution in [2.45, 2.75) is 6.61 Å². The smallest absolute Gasteiger partial charge is 0.387 e. The first-order valence-corrected chi connectivity index (χ1v) is 9.58. The van der Waals surface area contributed by atoms with Gasteiger partial charge in [0.25, 0.3) is 5.91 Å². The van der Waals surface area contributed by atoms with E-state index in [1.165, 1.54) is 57.7 Å². The molecule has 0 unspecified atom stereocenters. The van der Waals surface area contributed by atoms with Crippen molar-refractivity contribution in [2.75, 3.05) is 27.9 Å². The zero-order chi connectivity index (χ0) is 24.8. The summed E-state index contributed by atoms with van der Waals surface area (Å²) < 4.78 is 55.7. The summed E-state index contributed by atoms with van der Waals surface area (Å²) in [6, 6.07) is 7.06. The Kier molecular flexibility index (Phi) is 7.51. The number of nitrogens with zero attached hydrogens (tertiary/aromatic N) is 1. The minimum absolute atomic E-state index is 0.00926. The fraction of sp³-hybridized carbons (Fsp3) is 0.227. The minimum atomic E-state index is -3.03. The monoisotopic (exact) mass is 478 g/mol. The van der Waals surface area contributed by atoms with Crippen molar-refractivity contribution < 1.29 is 46.8 Å². The highest BCUT2D eigenvalue weighted by Gasteiger charge is 2.26. The largest absolute Gasteiger partial charge is 0.493 e. The quantitative estimate of drug-likeness (QED) is 0.408. The summed E-state index contributed by atoms with van der Waals surface area (Å²) in [4.78, 5) is 27.6. The van der Waals surface area contributed by atoms with E-state index < -0.39 is 25.1 Å². The molecule has 2 aromatic rings. The van der Waals surface area contributed by atoms with Crippen LogP contribution in [0.5, 0.6) is 28.7 Å². The molecule has 3 rings (SSSR count). The van der Waals surface area contributed by atoms with Crippen molar-refractivity contribution in [3.8, 4) is 28.7 Å². The van der Waals surface area contributed by atoms with Crippen molar-refractivity contribution in [1.29, 1.82) is 0 Å². The molecule has 10 nitrogen and oxygen atoms in total.